The van der Waals surface area contributed by atoms with Gasteiger partial charge in [-0.25, -0.2) is 0 Å². The molecular formula is C52H96N2O17. The van der Waals surface area contributed by atoms with E-state index in [2.05, 4.69) is 31.4 Å². The van der Waals surface area contributed by atoms with E-state index in [0.29, 0.717) is 44.9 Å². The van der Waals surface area contributed by atoms with Crippen LogP contribution in [0.25, 0.3) is 0 Å². The molecule has 2 saturated heterocycles. The summed E-state index contributed by atoms with van der Waals surface area (Å²) in [5, 5.41) is 78.8. The number of ether oxygens (including phenoxy) is 6. The second-order valence-electron chi connectivity index (χ2n) is 20.4. The number of aliphatic hydroxyl groups excluding tert-OH is 7. The van der Waals surface area contributed by atoms with Crippen molar-refractivity contribution < 1.29 is 83.3 Å². The Labute approximate surface area is 423 Å². The van der Waals surface area contributed by atoms with Gasteiger partial charge in [0.15, 0.2) is 12.6 Å². The maximum atomic E-state index is 13.9. The molecule has 14 unspecified atom stereocenters. The largest absolute Gasteiger partial charge is 0.462 e. The molecule has 0 saturated carbocycles. The minimum absolute atomic E-state index is 0.181. The second kappa shape index (κ2) is 36.4. The van der Waals surface area contributed by atoms with Crippen molar-refractivity contribution in [3.63, 3.8) is 0 Å². The van der Waals surface area contributed by atoms with Gasteiger partial charge in [-0.15, -0.1) is 0 Å². The lowest BCUT2D eigenvalue weighted by Crippen LogP contribution is -2.62. The van der Waals surface area contributed by atoms with E-state index in [1.807, 2.05) is 13.8 Å². The molecule has 416 valence electrons. The summed E-state index contributed by atoms with van der Waals surface area (Å²) in [5.74, 6) is -3.47. The van der Waals surface area contributed by atoms with Gasteiger partial charge in [-0.2, -0.15) is 0 Å². The van der Waals surface area contributed by atoms with Gasteiger partial charge in [0.05, 0.1) is 75.5 Å². The van der Waals surface area contributed by atoms with Gasteiger partial charge in [0, 0.05) is 0 Å². The molecule has 0 aliphatic carbocycles. The number of hydrogen-bond donors (Lipinski definition) is 9. The van der Waals surface area contributed by atoms with E-state index < -0.39 is 129 Å². The SMILES string of the molecule is CCCCCCCC(CC(=O)NC(CO)C(=O)NC(CO)CC(C)C)OC(=O)CC(CCCCCCC)OC(=O)CC(CCCCCCC)OC1OC(C)C(O)C(OC2OC(C)C(O)C(O)[C@H]2CO)C1O. The Morgan fingerprint density at radius 2 is 1.04 bits per heavy atom. The number of unbranched alkanes of at least 4 members (excludes halogenated alkanes) is 12. The van der Waals surface area contributed by atoms with Crippen LogP contribution >= 0.6 is 0 Å². The number of rotatable bonds is 38. The fourth-order valence-electron chi connectivity index (χ4n) is 9.12. The van der Waals surface area contributed by atoms with Crippen molar-refractivity contribution in [3.8, 4) is 0 Å². The van der Waals surface area contributed by atoms with Crippen molar-refractivity contribution in [1.29, 1.82) is 0 Å². The minimum atomic E-state index is -1.62. The highest BCUT2D eigenvalue weighted by molar-refractivity contribution is 5.88. The molecule has 9 N–H and O–H groups in total. The van der Waals surface area contributed by atoms with Gasteiger partial charge in [0.1, 0.15) is 42.7 Å². The van der Waals surface area contributed by atoms with Crippen molar-refractivity contribution >= 4 is 23.8 Å². The normalized spacial score (nSPS) is 26.8. The van der Waals surface area contributed by atoms with E-state index in [-0.39, 0.29) is 31.8 Å². The lowest BCUT2D eigenvalue weighted by Gasteiger charge is -2.46. The number of esters is 2. The highest BCUT2D eigenvalue weighted by Crippen LogP contribution is 2.33. The van der Waals surface area contributed by atoms with Gasteiger partial charge in [-0.05, 0) is 58.3 Å². The summed E-state index contributed by atoms with van der Waals surface area (Å²) in [6.45, 7) is 11.7. The first kappa shape index (κ1) is 64.6. The Hall–Kier alpha value is -2.56. The summed E-state index contributed by atoms with van der Waals surface area (Å²) in [6, 6.07) is -1.84. The molecule has 0 spiro atoms. The number of nitrogens with one attached hydrogen (secondary N) is 2. The minimum Gasteiger partial charge on any atom is -0.462 e. The van der Waals surface area contributed by atoms with Crippen LogP contribution in [0.1, 0.15) is 190 Å². The number of hydrogen-bond acceptors (Lipinski definition) is 17. The Morgan fingerprint density at radius 1 is 0.563 bits per heavy atom. The van der Waals surface area contributed by atoms with E-state index in [4.69, 9.17) is 28.4 Å². The van der Waals surface area contributed by atoms with Crippen LogP contribution in [0.5, 0.6) is 0 Å². The number of carbonyl (C=O) groups is 4. The molecule has 2 amide bonds. The van der Waals surface area contributed by atoms with E-state index in [9.17, 15) is 54.9 Å². The molecule has 0 radical (unpaired) electrons. The molecule has 2 aliphatic heterocycles. The van der Waals surface area contributed by atoms with Crippen LogP contribution in [0.4, 0.5) is 0 Å². The molecule has 15 atom stereocenters. The van der Waals surface area contributed by atoms with E-state index in [1.165, 1.54) is 6.92 Å². The van der Waals surface area contributed by atoms with Crippen molar-refractivity contribution in [1.82, 2.24) is 10.6 Å². The zero-order valence-electron chi connectivity index (χ0n) is 44.1. The zero-order valence-corrected chi connectivity index (χ0v) is 44.1. The van der Waals surface area contributed by atoms with Crippen LogP contribution in [-0.2, 0) is 47.6 Å². The summed E-state index contributed by atoms with van der Waals surface area (Å²) >= 11 is 0. The molecule has 0 bridgehead atoms. The maximum absolute atomic E-state index is 13.9. The standard InChI is InChI=1S/C52H96N2O17/c1-8-11-14-17-20-23-37(27-42(58)54-41(32-57)50(65)53-36(30-55)26-33(4)5)68-43(59)28-38(24-21-18-15-12-9-2)69-44(60)29-39(25-22-19-16-13-10-3)70-52-48(64)49(46(62)35(7)67-52)71-51-40(31-56)47(63)45(61)34(6)66-51/h33-41,45-49,51-52,55-57,61-64H,8-32H2,1-7H3,(H,53,65)(H,54,58)/t34?,35?,36?,37?,38?,39?,40-,41?,45?,46?,47?,48?,49?,51?,52?/m1/s1. The quantitative estimate of drug-likeness (QED) is 0.0306. The summed E-state index contributed by atoms with van der Waals surface area (Å²) in [4.78, 5) is 54.1. The first-order valence-corrected chi connectivity index (χ1v) is 27.1. The van der Waals surface area contributed by atoms with E-state index in [1.54, 1.807) is 6.92 Å². The van der Waals surface area contributed by atoms with Crippen LogP contribution in [0, 0.1) is 11.8 Å². The summed E-state index contributed by atoms with van der Waals surface area (Å²) in [5.41, 5.74) is 0. The van der Waals surface area contributed by atoms with E-state index in [0.717, 1.165) is 77.0 Å². The molecule has 0 aromatic heterocycles. The number of carbonyl (C=O) groups excluding carboxylic acids is 4. The van der Waals surface area contributed by atoms with Crippen LogP contribution < -0.4 is 10.6 Å². The van der Waals surface area contributed by atoms with Gasteiger partial charge in [0.2, 0.25) is 11.8 Å². The fourth-order valence-corrected chi connectivity index (χ4v) is 9.12. The van der Waals surface area contributed by atoms with Crippen molar-refractivity contribution in [2.24, 2.45) is 11.8 Å². The van der Waals surface area contributed by atoms with Crippen molar-refractivity contribution in [2.75, 3.05) is 19.8 Å². The molecule has 0 aromatic rings. The predicted molar refractivity (Wildman–Crippen MR) is 264 cm³/mol. The Bertz CT molecular complexity index is 1460. The number of aliphatic hydroxyl groups is 7. The monoisotopic (exact) mass is 1020 g/mol. The highest BCUT2D eigenvalue weighted by Gasteiger charge is 2.50. The third kappa shape index (κ3) is 24.6. The topological polar surface area (TPSA) is 289 Å². The van der Waals surface area contributed by atoms with E-state index >= 15 is 0 Å². The van der Waals surface area contributed by atoms with Crippen molar-refractivity contribution in [3.05, 3.63) is 0 Å². The van der Waals surface area contributed by atoms with Gasteiger partial charge < -0.3 is 74.8 Å². The summed E-state index contributed by atoms with van der Waals surface area (Å²) < 4.78 is 36.0. The van der Waals surface area contributed by atoms with Crippen molar-refractivity contribution in [2.45, 2.75) is 275 Å². The summed E-state index contributed by atoms with van der Waals surface area (Å²) in [7, 11) is 0. The van der Waals surface area contributed by atoms with Crippen LogP contribution in [-0.4, -0.2) is 165 Å². The van der Waals surface area contributed by atoms with Gasteiger partial charge in [-0.1, -0.05) is 118 Å². The molecule has 2 aliphatic rings. The highest BCUT2D eigenvalue weighted by atomic mass is 16.7. The molecule has 0 aromatic carbocycles. The average Bonchev–Trinajstić information content (AvgIpc) is 3.32. The third-order valence-electron chi connectivity index (χ3n) is 13.4. The third-order valence-corrected chi connectivity index (χ3v) is 13.4. The average molecular weight is 1020 g/mol. The van der Waals surface area contributed by atoms with Crippen LogP contribution in [0.15, 0.2) is 0 Å². The second-order valence-corrected chi connectivity index (χ2v) is 20.4. The zero-order chi connectivity index (χ0) is 52.9. The fraction of sp³-hybridized carbons (Fsp3) is 0.923. The van der Waals surface area contributed by atoms with Crippen LogP contribution in [0.2, 0.25) is 0 Å². The first-order chi connectivity index (χ1) is 33.9. The summed E-state index contributed by atoms with van der Waals surface area (Å²) in [6.07, 6.45) is 0.298. The van der Waals surface area contributed by atoms with Gasteiger partial charge >= 0.3 is 11.9 Å². The number of amides is 2. The van der Waals surface area contributed by atoms with Gasteiger partial charge in [0.25, 0.3) is 0 Å². The lowest BCUT2D eigenvalue weighted by atomic mass is 9.91. The molecule has 19 nitrogen and oxygen atoms in total. The lowest BCUT2D eigenvalue weighted by molar-refractivity contribution is -0.354. The molecule has 71 heavy (non-hydrogen) atoms. The molecule has 19 heteroatoms. The molecular weight excluding hydrogens is 925 g/mol. The first-order valence-electron chi connectivity index (χ1n) is 27.1. The van der Waals surface area contributed by atoms with Gasteiger partial charge in [-0.3, -0.25) is 19.2 Å². The Kier molecular flexibility index (Phi) is 33.1. The Morgan fingerprint density at radius 3 is 1.54 bits per heavy atom. The Balaban J connectivity index is 2.27. The smallest absolute Gasteiger partial charge is 0.309 e. The van der Waals surface area contributed by atoms with Crippen LogP contribution in [0.3, 0.4) is 0 Å². The maximum Gasteiger partial charge on any atom is 0.309 e. The molecule has 2 fully saturated rings. The molecule has 2 heterocycles. The predicted octanol–water partition coefficient (Wildman–Crippen LogP) is 4.37. The molecule has 2 rings (SSSR count).